The fraction of sp³-hybridized carbons (Fsp3) is 0.167. The van der Waals surface area contributed by atoms with E-state index < -0.39 is 11.8 Å². The summed E-state index contributed by atoms with van der Waals surface area (Å²) in [6.07, 6.45) is 3.39. The van der Waals surface area contributed by atoms with E-state index in [1.54, 1.807) is 36.5 Å². The van der Waals surface area contributed by atoms with Crippen LogP contribution in [0.15, 0.2) is 54.2 Å². The number of aryl methyl sites for hydroxylation is 2. The van der Waals surface area contributed by atoms with Crippen LogP contribution in [-0.4, -0.2) is 33.6 Å². The van der Waals surface area contributed by atoms with Crippen LogP contribution in [0.3, 0.4) is 0 Å². The number of anilines is 1. The quantitative estimate of drug-likeness (QED) is 0.376. The van der Waals surface area contributed by atoms with E-state index in [9.17, 15) is 9.59 Å². The maximum atomic E-state index is 13.4. The molecule has 0 spiro atoms. The Labute approximate surface area is 191 Å². The van der Waals surface area contributed by atoms with Crippen LogP contribution in [-0.2, 0) is 9.59 Å². The van der Waals surface area contributed by atoms with Crippen molar-refractivity contribution in [3.63, 3.8) is 0 Å². The molecule has 0 atom stereocenters. The Bertz CT molecular complexity index is 1270. The summed E-state index contributed by atoms with van der Waals surface area (Å²) in [7, 11) is 1.51. The Morgan fingerprint density at radius 3 is 2.53 bits per heavy atom. The molecule has 0 unspecified atom stereocenters. The van der Waals surface area contributed by atoms with Gasteiger partial charge in [-0.15, -0.1) is 0 Å². The highest BCUT2D eigenvalue weighted by atomic mass is 32.1. The van der Waals surface area contributed by atoms with Gasteiger partial charge in [-0.1, -0.05) is 18.2 Å². The number of para-hydroxylation sites is 2. The summed E-state index contributed by atoms with van der Waals surface area (Å²) in [6, 6.07) is 12.9. The number of rotatable bonds is 4. The van der Waals surface area contributed by atoms with Crippen LogP contribution in [0.25, 0.3) is 11.9 Å². The van der Waals surface area contributed by atoms with Gasteiger partial charge in [0.2, 0.25) is 0 Å². The van der Waals surface area contributed by atoms with Gasteiger partial charge in [-0.3, -0.25) is 14.9 Å². The zero-order valence-electron chi connectivity index (χ0n) is 18.2. The van der Waals surface area contributed by atoms with E-state index in [2.05, 4.69) is 10.3 Å². The second kappa shape index (κ2) is 8.39. The number of carbonyl (C=O) groups is 2. The lowest BCUT2D eigenvalue weighted by Crippen LogP contribution is -2.54. The van der Waals surface area contributed by atoms with E-state index >= 15 is 0 Å². The van der Waals surface area contributed by atoms with Crippen molar-refractivity contribution in [3.05, 3.63) is 76.7 Å². The summed E-state index contributed by atoms with van der Waals surface area (Å²) >= 11 is 5.29. The summed E-state index contributed by atoms with van der Waals surface area (Å²) in [5.41, 5.74) is 4.06. The standard InChI is InChI=1S/C24H22N4O3S/c1-14-9-10-21(25-13-14)27-15(2)11-17(16(27)3)12-18-22(29)26-24(32)28(23(18)30)19-7-5-6-8-20(19)31-4/h5-13H,1-4H3,(H,26,29,32)/b18-12+. The first-order chi connectivity index (χ1) is 15.3. The van der Waals surface area contributed by atoms with Gasteiger partial charge in [-0.25, -0.2) is 9.88 Å². The minimum absolute atomic E-state index is 0.0102. The number of thiocarbonyl (C=S) groups is 1. The van der Waals surface area contributed by atoms with E-state index in [-0.39, 0.29) is 10.7 Å². The maximum absolute atomic E-state index is 13.4. The number of nitrogens with one attached hydrogen (secondary N) is 1. The number of methoxy groups -OCH3 is 1. The first-order valence-corrected chi connectivity index (χ1v) is 10.4. The van der Waals surface area contributed by atoms with Gasteiger partial charge in [-0.05, 0) is 74.5 Å². The topological polar surface area (TPSA) is 76.5 Å². The first kappa shape index (κ1) is 21.5. The molecule has 162 valence electrons. The number of carbonyl (C=O) groups excluding carboxylic acids is 2. The molecule has 1 fully saturated rings. The van der Waals surface area contributed by atoms with Crippen LogP contribution in [0.5, 0.6) is 5.75 Å². The summed E-state index contributed by atoms with van der Waals surface area (Å²) in [4.78, 5) is 31.8. The number of aromatic nitrogens is 2. The van der Waals surface area contributed by atoms with E-state index in [1.165, 1.54) is 12.0 Å². The number of benzene rings is 1. The molecule has 32 heavy (non-hydrogen) atoms. The number of hydrogen-bond donors (Lipinski definition) is 1. The van der Waals surface area contributed by atoms with Gasteiger partial charge < -0.3 is 9.30 Å². The monoisotopic (exact) mass is 446 g/mol. The second-order valence-corrected chi connectivity index (χ2v) is 7.87. The van der Waals surface area contributed by atoms with E-state index in [0.29, 0.717) is 11.4 Å². The number of amides is 2. The highest BCUT2D eigenvalue weighted by molar-refractivity contribution is 7.80. The van der Waals surface area contributed by atoms with Gasteiger partial charge in [0.25, 0.3) is 11.8 Å². The molecule has 1 N–H and O–H groups in total. The molecular weight excluding hydrogens is 424 g/mol. The van der Waals surface area contributed by atoms with Crippen molar-refractivity contribution in [3.8, 4) is 11.6 Å². The van der Waals surface area contributed by atoms with Crippen LogP contribution in [0.4, 0.5) is 5.69 Å². The maximum Gasteiger partial charge on any atom is 0.270 e. The normalized spacial score (nSPS) is 15.3. The summed E-state index contributed by atoms with van der Waals surface area (Å²) in [6.45, 7) is 5.86. The molecule has 0 aliphatic carbocycles. The van der Waals surface area contributed by atoms with Crippen molar-refractivity contribution in [2.75, 3.05) is 12.0 Å². The highest BCUT2D eigenvalue weighted by Gasteiger charge is 2.36. The molecule has 8 heteroatoms. The third-order valence-electron chi connectivity index (χ3n) is 5.32. The molecule has 0 saturated carbocycles. The van der Waals surface area contributed by atoms with Gasteiger partial charge in [0.15, 0.2) is 5.11 Å². The van der Waals surface area contributed by atoms with Crippen LogP contribution >= 0.6 is 12.2 Å². The summed E-state index contributed by atoms with van der Waals surface area (Å²) in [5, 5.41) is 2.62. The SMILES string of the molecule is COc1ccccc1N1C(=O)/C(=C/c2cc(C)n(-c3ccc(C)cn3)c2C)C(=O)NC1=S. The molecule has 1 aromatic carbocycles. The molecule has 0 radical (unpaired) electrons. The number of nitrogens with zero attached hydrogens (tertiary/aromatic N) is 3. The predicted molar refractivity (Wildman–Crippen MR) is 127 cm³/mol. The minimum atomic E-state index is -0.538. The first-order valence-electron chi connectivity index (χ1n) is 9.98. The van der Waals surface area contributed by atoms with Crippen molar-refractivity contribution >= 4 is 40.9 Å². The molecule has 1 aliphatic rings. The Morgan fingerprint density at radius 2 is 1.84 bits per heavy atom. The van der Waals surface area contributed by atoms with Gasteiger partial charge >= 0.3 is 0 Å². The van der Waals surface area contributed by atoms with E-state index in [1.807, 2.05) is 43.5 Å². The average Bonchev–Trinajstić information content (AvgIpc) is 3.05. The average molecular weight is 447 g/mol. The largest absolute Gasteiger partial charge is 0.495 e. The molecule has 7 nitrogen and oxygen atoms in total. The number of hydrogen-bond acceptors (Lipinski definition) is 5. The Balaban J connectivity index is 1.77. The van der Waals surface area contributed by atoms with Gasteiger partial charge in [0, 0.05) is 17.6 Å². The molecule has 2 aromatic heterocycles. The van der Waals surface area contributed by atoms with Gasteiger partial charge in [0.05, 0.1) is 12.8 Å². The van der Waals surface area contributed by atoms with Gasteiger partial charge in [-0.2, -0.15) is 0 Å². The fourth-order valence-electron chi connectivity index (χ4n) is 3.72. The predicted octanol–water partition coefficient (Wildman–Crippen LogP) is 3.64. The van der Waals surface area contributed by atoms with Crippen LogP contribution < -0.4 is 15.0 Å². The van der Waals surface area contributed by atoms with Crippen LogP contribution in [0.1, 0.15) is 22.5 Å². The Morgan fingerprint density at radius 1 is 1.09 bits per heavy atom. The van der Waals surface area contributed by atoms with Crippen molar-refractivity contribution in [1.82, 2.24) is 14.9 Å². The van der Waals surface area contributed by atoms with Crippen molar-refractivity contribution in [2.24, 2.45) is 0 Å². The molecule has 1 saturated heterocycles. The van der Waals surface area contributed by atoms with Crippen molar-refractivity contribution < 1.29 is 14.3 Å². The number of pyridine rings is 1. The van der Waals surface area contributed by atoms with Crippen molar-refractivity contribution in [2.45, 2.75) is 20.8 Å². The lowest BCUT2D eigenvalue weighted by Gasteiger charge is -2.29. The Kier molecular flexibility index (Phi) is 5.63. The highest BCUT2D eigenvalue weighted by Crippen LogP contribution is 2.31. The molecule has 2 amide bonds. The summed E-state index contributed by atoms with van der Waals surface area (Å²) < 4.78 is 7.36. The number of ether oxygens (including phenoxy) is 1. The second-order valence-electron chi connectivity index (χ2n) is 7.49. The molecule has 4 rings (SSSR count). The zero-order valence-corrected chi connectivity index (χ0v) is 19.0. The minimum Gasteiger partial charge on any atom is -0.495 e. The third-order valence-corrected chi connectivity index (χ3v) is 5.61. The molecular formula is C24H22N4O3S. The molecule has 3 aromatic rings. The zero-order chi connectivity index (χ0) is 23.0. The van der Waals surface area contributed by atoms with E-state index in [0.717, 1.165) is 28.3 Å². The molecule has 1 aliphatic heterocycles. The van der Waals surface area contributed by atoms with Crippen LogP contribution in [0.2, 0.25) is 0 Å². The molecule has 3 heterocycles. The van der Waals surface area contributed by atoms with Crippen molar-refractivity contribution in [1.29, 1.82) is 0 Å². The smallest absolute Gasteiger partial charge is 0.270 e. The Hall–Kier alpha value is -3.78. The molecule has 0 bridgehead atoms. The van der Waals surface area contributed by atoms with Crippen LogP contribution in [0, 0.1) is 20.8 Å². The van der Waals surface area contributed by atoms with Gasteiger partial charge in [0.1, 0.15) is 17.1 Å². The van der Waals surface area contributed by atoms with E-state index in [4.69, 9.17) is 17.0 Å². The third kappa shape index (κ3) is 3.69. The fourth-order valence-corrected chi connectivity index (χ4v) is 4.00. The lowest BCUT2D eigenvalue weighted by atomic mass is 10.1. The summed E-state index contributed by atoms with van der Waals surface area (Å²) in [5.74, 6) is 0.194. The lowest BCUT2D eigenvalue weighted by molar-refractivity contribution is -0.122.